The van der Waals surface area contributed by atoms with Crippen molar-refractivity contribution in [2.75, 3.05) is 26.6 Å². The largest absolute Gasteiger partial charge is 0.497 e. The SMILES string of the molecule is COc1ccc(CN=C(N)Nc2ccccc2OC)c(OC)c1. The van der Waals surface area contributed by atoms with Crippen LogP contribution in [0.4, 0.5) is 5.69 Å². The summed E-state index contributed by atoms with van der Waals surface area (Å²) in [6.45, 7) is 0.390. The summed E-state index contributed by atoms with van der Waals surface area (Å²) >= 11 is 0. The van der Waals surface area contributed by atoms with Crippen molar-refractivity contribution in [1.82, 2.24) is 0 Å². The van der Waals surface area contributed by atoms with Crippen LogP contribution >= 0.6 is 0 Å². The molecule has 0 aliphatic carbocycles. The van der Waals surface area contributed by atoms with E-state index in [9.17, 15) is 0 Å². The van der Waals surface area contributed by atoms with Gasteiger partial charge in [0.05, 0.1) is 33.6 Å². The van der Waals surface area contributed by atoms with Crippen LogP contribution in [0.1, 0.15) is 5.56 Å². The molecule has 2 aromatic rings. The molecule has 0 atom stereocenters. The average Bonchev–Trinajstić information content (AvgIpc) is 2.60. The molecule has 0 saturated heterocycles. The zero-order valence-corrected chi connectivity index (χ0v) is 13.5. The van der Waals surface area contributed by atoms with Gasteiger partial charge in [-0.05, 0) is 24.3 Å². The lowest BCUT2D eigenvalue weighted by Gasteiger charge is -2.11. The summed E-state index contributed by atoms with van der Waals surface area (Å²) in [6, 6.07) is 13.1. The third-order valence-electron chi connectivity index (χ3n) is 3.28. The number of hydrogen-bond donors (Lipinski definition) is 2. The molecule has 2 aromatic carbocycles. The number of rotatable bonds is 6. The fourth-order valence-electron chi connectivity index (χ4n) is 2.08. The van der Waals surface area contributed by atoms with Crippen LogP contribution in [0.5, 0.6) is 17.2 Å². The van der Waals surface area contributed by atoms with Crippen LogP contribution in [0.3, 0.4) is 0 Å². The van der Waals surface area contributed by atoms with Crippen LogP contribution in [0.15, 0.2) is 47.5 Å². The Morgan fingerprint density at radius 2 is 1.74 bits per heavy atom. The molecule has 122 valence electrons. The molecule has 3 N–H and O–H groups in total. The minimum absolute atomic E-state index is 0.298. The van der Waals surface area contributed by atoms with Crippen molar-refractivity contribution in [2.24, 2.45) is 10.7 Å². The van der Waals surface area contributed by atoms with E-state index in [1.54, 1.807) is 21.3 Å². The van der Waals surface area contributed by atoms with Crippen molar-refractivity contribution in [3.05, 3.63) is 48.0 Å². The third kappa shape index (κ3) is 4.29. The fraction of sp³-hybridized carbons (Fsp3) is 0.235. The van der Waals surface area contributed by atoms with E-state index < -0.39 is 0 Å². The van der Waals surface area contributed by atoms with Gasteiger partial charge in [0.1, 0.15) is 17.2 Å². The monoisotopic (exact) mass is 315 g/mol. The number of anilines is 1. The molecule has 0 amide bonds. The molecular formula is C17H21N3O3. The summed E-state index contributed by atoms with van der Waals surface area (Å²) in [4.78, 5) is 4.34. The van der Waals surface area contributed by atoms with Gasteiger partial charge in [0.15, 0.2) is 5.96 Å². The van der Waals surface area contributed by atoms with Crippen LogP contribution < -0.4 is 25.3 Å². The molecule has 0 aromatic heterocycles. The molecular weight excluding hydrogens is 294 g/mol. The Balaban J connectivity index is 2.10. The van der Waals surface area contributed by atoms with Crippen molar-refractivity contribution in [3.63, 3.8) is 0 Å². The minimum Gasteiger partial charge on any atom is -0.497 e. The quantitative estimate of drug-likeness (QED) is 0.633. The van der Waals surface area contributed by atoms with Gasteiger partial charge in [-0.1, -0.05) is 12.1 Å². The number of nitrogens with one attached hydrogen (secondary N) is 1. The van der Waals surface area contributed by atoms with Gasteiger partial charge in [-0.25, -0.2) is 4.99 Å². The topological polar surface area (TPSA) is 78.1 Å². The summed E-state index contributed by atoms with van der Waals surface area (Å²) in [5, 5.41) is 3.03. The van der Waals surface area contributed by atoms with Gasteiger partial charge in [0.2, 0.25) is 0 Å². The Morgan fingerprint density at radius 1 is 1.00 bits per heavy atom. The molecule has 23 heavy (non-hydrogen) atoms. The third-order valence-corrected chi connectivity index (χ3v) is 3.28. The Hall–Kier alpha value is -2.89. The van der Waals surface area contributed by atoms with E-state index in [2.05, 4.69) is 10.3 Å². The number of guanidine groups is 1. The highest BCUT2D eigenvalue weighted by Gasteiger charge is 2.06. The number of para-hydroxylation sites is 2. The summed E-state index contributed by atoms with van der Waals surface area (Å²) in [7, 11) is 4.83. The number of nitrogens with zero attached hydrogens (tertiary/aromatic N) is 1. The van der Waals surface area contributed by atoms with E-state index in [1.165, 1.54) is 0 Å². The molecule has 0 aliphatic heterocycles. The van der Waals surface area contributed by atoms with Crippen molar-refractivity contribution >= 4 is 11.6 Å². The Morgan fingerprint density at radius 3 is 2.43 bits per heavy atom. The smallest absolute Gasteiger partial charge is 0.193 e. The normalized spacial score (nSPS) is 11.0. The summed E-state index contributed by atoms with van der Waals surface area (Å²) in [5.41, 5.74) is 7.62. The van der Waals surface area contributed by atoms with Gasteiger partial charge in [-0.15, -0.1) is 0 Å². The van der Waals surface area contributed by atoms with E-state index in [4.69, 9.17) is 19.9 Å². The van der Waals surface area contributed by atoms with E-state index >= 15 is 0 Å². The maximum Gasteiger partial charge on any atom is 0.193 e. The molecule has 0 spiro atoms. The highest BCUT2D eigenvalue weighted by atomic mass is 16.5. The lowest BCUT2D eigenvalue weighted by atomic mass is 10.2. The highest BCUT2D eigenvalue weighted by Crippen LogP contribution is 2.25. The van der Waals surface area contributed by atoms with Crippen LogP contribution in [-0.2, 0) is 6.54 Å². The maximum atomic E-state index is 5.94. The van der Waals surface area contributed by atoms with Crippen LogP contribution in [0.2, 0.25) is 0 Å². The lowest BCUT2D eigenvalue weighted by molar-refractivity contribution is 0.391. The zero-order chi connectivity index (χ0) is 16.7. The molecule has 2 rings (SSSR count). The predicted octanol–water partition coefficient (Wildman–Crippen LogP) is 2.64. The number of hydrogen-bond acceptors (Lipinski definition) is 4. The number of ether oxygens (including phenoxy) is 3. The van der Waals surface area contributed by atoms with Gasteiger partial charge in [-0.2, -0.15) is 0 Å². The fourth-order valence-corrected chi connectivity index (χ4v) is 2.08. The first kappa shape index (κ1) is 16.5. The van der Waals surface area contributed by atoms with Gasteiger partial charge >= 0.3 is 0 Å². The number of benzene rings is 2. The van der Waals surface area contributed by atoms with Crippen LogP contribution in [0.25, 0.3) is 0 Å². The summed E-state index contributed by atoms with van der Waals surface area (Å²) < 4.78 is 15.8. The average molecular weight is 315 g/mol. The van der Waals surface area contributed by atoms with Crippen molar-refractivity contribution in [3.8, 4) is 17.2 Å². The van der Waals surface area contributed by atoms with E-state index in [0.29, 0.717) is 24.0 Å². The standard InChI is InChI=1S/C17H21N3O3/c1-21-13-9-8-12(16(10-13)23-3)11-19-17(18)20-14-6-4-5-7-15(14)22-2/h4-10H,11H2,1-3H3,(H3,18,19,20). The lowest BCUT2D eigenvalue weighted by Crippen LogP contribution is -2.23. The highest BCUT2D eigenvalue weighted by molar-refractivity contribution is 5.93. The Bertz CT molecular complexity index is 687. The second kappa shape index (κ2) is 7.93. The van der Waals surface area contributed by atoms with Crippen molar-refractivity contribution in [2.45, 2.75) is 6.54 Å². The molecule has 6 heteroatoms. The molecule has 0 unspecified atom stereocenters. The summed E-state index contributed by atoms with van der Waals surface area (Å²) in [6.07, 6.45) is 0. The van der Waals surface area contributed by atoms with Crippen LogP contribution in [-0.4, -0.2) is 27.3 Å². The molecule has 0 fully saturated rings. The zero-order valence-electron chi connectivity index (χ0n) is 13.5. The van der Waals surface area contributed by atoms with Crippen LogP contribution in [0, 0.1) is 0 Å². The molecule has 6 nitrogen and oxygen atoms in total. The molecule has 0 radical (unpaired) electrons. The van der Waals surface area contributed by atoms with Gasteiger partial charge in [0, 0.05) is 11.6 Å². The second-order valence-electron chi connectivity index (χ2n) is 4.70. The van der Waals surface area contributed by atoms with Crippen molar-refractivity contribution < 1.29 is 14.2 Å². The second-order valence-corrected chi connectivity index (χ2v) is 4.70. The van der Waals surface area contributed by atoms with E-state index in [1.807, 2.05) is 42.5 Å². The minimum atomic E-state index is 0.298. The first-order valence-corrected chi connectivity index (χ1v) is 7.08. The van der Waals surface area contributed by atoms with Gasteiger partial charge in [-0.3, -0.25) is 0 Å². The van der Waals surface area contributed by atoms with Gasteiger partial charge < -0.3 is 25.3 Å². The van der Waals surface area contributed by atoms with E-state index in [-0.39, 0.29) is 0 Å². The van der Waals surface area contributed by atoms with Gasteiger partial charge in [0.25, 0.3) is 0 Å². The predicted molar refractivity (Wildman–Crippen MR) is 91.5 cm³/mol. The summed E-state index contributed by atoms with van der Waals surface area (Å²) in [5.74, 6) is 2.44. The Kier molecular flexibility index (Phi) is 5.68. The van der Waals surface area contributed by atoms with Crippen molar-refractivity contribution in [1.29, 1.82) is 0 Å². The molecule has 0 saturated carbocycles. The Labute approximate surface area is 135 Å². The number of methoxy groups -OCH3 is 3. The molecule has 0 bridgehead atoms. The van der Waals surface area contributed by atoms with E-state index in [0.717, 1.165) is 17.0 Å². The first-order chi connectivity index (χ1) is 11.2. The molecule has 0 aliphatic rings. The molecule has 0 heterocycles. The maximum absolute atomic E-state index is 5.94. The first-order valence-electron chi connectivity index (χ1n) is 7.08. The number of aliphatic imine (C=N–C) groups is 1. The number of nitrogens with two attached hydrogens (primary N) is 1.